The largest absolute Gasteiger partial charge is 0.357 e. The Morgan fingerprint density at radius 1 is 0.964 bits per heavy atom. The maximum absolute atomic E-state index is 12.4. The number of fused-ring (bicyclic) bond motifs is 1. The standard InChI is InChI=1S/C19H20N4O4S/c24-18-15-5-1-2-6-16(15)19(25)23(18)11-12-28(26,27)21-14-7-8-17(20-13-14)22-9-3-4-10-22/h1-2,5-8,13,21H,3-4,9-12H2. The van der Waals surface area contributed by atoms with Crippen LogP contribution in [-0.2, 0) is 10.0 Å². The molecule has 0 atom stereocenters. The smallest absolute Gasteiger partial charge is 0.261 e. The van der Waals surface area contributed by atoms with Crippen LogP contribution >= 0.6 is 0 Å². The van der Waals surface area contributed by atoms with Crippen molar-refractivity contribution in [2.24, 2.45) is 0 Å². The Labute approximate surface area is 163 Å². The summed E-state index contributed by atoms with van der Waals surface area (Å²) in [5.41, 5.74) is 0.962. The summed E-state index contributed by atoms with van der Waals surface area (Å²) in [5.74, 6) is -0.488. The summed E-state index contributed by atoms with van der Waals surface area (Å²) < 4.78 is 27.2. The fourth-order valence-electron chi connectivity index (χ4n) is 3.46. The number of benzene rings is 1. The van der Waals surface area contributed by atoms with Crippen molar-refractivity contribution in [2.45, 2.75) is 12.8 Å². The maximum Gasteiger partial charge on any atom is 0.261 e. The van der Waals surface area contributed by atoms with Crippen molar-refractivity contribution in [3.8, 4) is 0 Å². The van der Waals surface area contributed by atoms with Gasteiger partial charge in [0.05, 0.1) is 28.8 Å². The molecule has 0 saturated carbocycles. The van der Waals surface area contributed by atoms with Gasteiger partial charge in [0.1, 0.15) is 5.82 Å². The molecule has 2 aliphatic rings. The van der Waals surface area contributed by atoms with E-state index < -0.39 is 21.8 Å². The predicted molar refractivity (Wildman–Crippen MR) is 105 cm³/mol. The van der Waals surface area contributed by atoms with E-state index >= 15 is 0 Å². The number of carbonyl (C=O) groups excluding carboxylic acids is 2. The average molecular weight is 400 g/mol. The lowest BCUT2D eigenvalue weighted by atomic mass is 10.1. The summed E-state index contributed by atoms with van der Waals surface area (Å²) in [5, 5.41) is 0. The van der Waals surface area contributed by atoms with Gasteiger partial charge in [0.2, 0.25) is 10.0 Å². The molecule has 2 aliphatic heterocycles. The van der Waals surface area contributed by atoms with Crippen LogP contribution in [0.25, 0.3) is 0 Å². The van der Waals surface area contributed by atoms with E-state index in [1.54, 1.807) is 36.4 Å². The maximum atomic E-state index is 12.4. The zero-order valence-electron chi connectivity index (χ0n) is 15.2. The van der Waals surface area contributed by atoms with Crippen molar-refractivity contribution in [2.75, 3.05) is 35.0 Å². The predicted octanol–water partition coefficient (Wildman–Crippen LogP) is 1.72. The Hall–Kier alpha value is -2.94. The normalized spacial score (nSPS) is 16.6. The summed E-state index contributed by atoms with van der Waals surface area (Å²) in [6.45, 7) is 1.71. The van der Waals surface area contributed by atoms with Crippen molar-refractivity contribution < 1.29 is 18.0 Å². The van der Waals surface area contributed by atoms with Gasteiger partial charge in [0.15, 0.2) is 0 Å². The number of rotatable bonds is 6. The van der Waals surface area contributed by atoms with E-state index in [1.807, 2.05) is 0 Å². The number of hydrogen-bond acceptors (Lipinski definition) is 6. The zero-order chi connectivity index (χ0) is 19.7. The zero-order valence-corrected chi connectivity index (χ0v) is 16.0. The first-order chi connectivity index (χ1) is 13.4. The molecule has 0 unspecified atom stereocenters. The van der Waals surface area contributed by atoms with E-state index in [2.05, 4.69) is 14.6 Å². The number of nitrogens with zero attached hydrogens (tertiary/aromatic N) is 3. The molecule has 1 aromatic heterocycles. The molecule has 1 saturated heterocycles. The Morgan fingerprint density at radius 2 is 1.61 bits per heavy atom. The van der Waals surface area contributed by atoms with Gasteiger partial charge in [0, 0.05) is 19.6 Å². The van der Waals surface area contributed by atoms with Gasteiger partial charge in [-0.25, -0.2) is 13.4 Å². The summed E-state index contributed by atoms with van der Waals surface area (Å²) in [4.78, 5) is 32.1. The summed E-state index contributed by atoms with van der Waals surface area (Å²) in [7, 11) is -3.74. The SMILES string of the molecule is O=C1c2ccccc2C(=O)N1CCS(=O)(=O)Nc1ccc(N2CCCC2)nc1. The minimum Gasteiger partial charge on any atom is -0.357 e. The quantitative estimate of drug-likeness (QED) is 0.741. The van der Waals surface area contributed by atoms with Crippen LogP contribution in [0.1, 0.15) is 33.6 Å². The number of aromatic nitrogens is 1. The highest BCUT2D eigenvalue weighted by molar-refractivity contribution is 7.92. The molecule has 9 heteroatoms. The second-order valence-corrected chi connectivity index (χ2v) is 8.67. The van der Waals surface area contributed by atoms with Gasteiger partial charge in [-0.15, -0.1) is 0 Å². The fraction of sp³-hybridized carbons (Fsp3) is 0.316. The van der Waals surface area contributed by atoms with Crippen molar-refractivity contribution in [1.29, 1.82) is 0 Å². The van der Waals surface area contributed by atoms with Gasteiger partial charge < -0.3 is 4.90 Å². The number of pyridine rings is 1. The monoisotopic (exact) mass is 400 g/mol. The topological polar surface area (TPSA) is 99.7 Å². The second-order valence-electron chi connectivity index (χ2n) is 6.83. The van der Waals surface area contributed by atoms with Crippen LogP contribution in [0.2, 0.25) is 0 Å². The number of carbonyl (C=O) groups is 2. The van der Waals surface area contributed by atoms with Gasteiger partial charge in [-0.3, -0.25) is 19.2 Å². The molecule has 3 heterocycles. The summed E-state index contributed by atoms with van der Waals surface area (Å²) >= 11 is 0. The lowest BCUT2D eigenvalue weighted by Gasteiger charge is -2.17. The molecule has 0 radical (unpaired) electrons. The molecule has 2 amide bonds. The molecular formula is C19H20N4O4S. The minimum atomic E-state index is -3.74. The highest BCUT2D eigenvalue weighted by Gasteiger charge is 2.35. The Balaban J connectivity index is 1.38. The highest BCUT2D eigenvalue weighted by Crippen LogP contribution is 2.23. The molecule has 0 spiro atoms. The van der Waals surface area contributed by atoms with Gasteiger partial charge in [-0.2, -0.15) is 0 Å². The average Bonchev–Trinajstić information content (AvgIpc) is 3.30. The second kappa shape index (κ2) is 7.23. The first kappa shape index (κ1) is 18.4. The van der Waals surface area contributed by atoms with Crippen molar-refractivity contribution in [1.82, 2.24) is 9.88 Å². The number of sulfonamides is 1. The van der Waals surface area contributed by atoms with E-state index in [0.717, 1.165) is 36.6 Å². The first-order valence-electron chi connectivity index (χ1n) is 9.11. The van der Waals surface area contributed by atoms with Gasteiger partial charge in [-0.1, -0.05) is 12.1 Å². The Kier molecular flexibility index (Phi) is 4.76. The van der Waals surface area contributed by atoms with Gasteiger partial charge >= 0.3 is 0 Å². The molecule has 4 rings (SSSR count). The van der Waals surface area contributed by atoms with Crippen molar-refractivity contribution in [3.05, 3.63) is 53.7 Å². The van der Waals surface area contributed by atoms with Crippen LogP contribution in [0.15, 0.2) is 42.6 Å². The van der Waals surface area contributed by atoms with E-state index in [4.69, 9.17) is 0 Å². The number of nitrogens with one attached hydrogen (secondary N) is 1. The third-order valence-electron chi connectivity index (χ3n) is 4.91. The molecular weight excluding hydrogens is 380 g/mol. The molecule has 146 valence electrons. The van der Waals surface area contributed by atoms with Crippen LogP contribution in [0.3, 0.4) is 0 Å². The van der Waals surface area contributed by atoms with Gasteiger partial charge in [-0.05, 0) is 37.1 Å². The number of hydrogen-bond donors (Lipinski definition) is 1. The number of imide groups is 1. The number of amides is 2. The molecule has 1 fully saturated rings. The third kappa shape index (κ3) is 3.57. The Bertz CT molecular complexity index is 979. The van der Waals surface area contributed by atoms with E-state index in [9.17, 15) is 18.0 Å². The van der Waals surface area contributed by atoms with Crippen LogP contribution in [0.5, 0.6) is 0 Å². The summed E-state index contributed by atoms with van der Waals surface area (Å²) in [6, 6.07) is 9.93. The van der Waals surface area contributed by atoms with Crippen LogP contribution in [0.4, 0.5) is 11.5 Å². The van der Waals surface area contributed by atoms with Gasteiger partial charge in [0.25, 0.3) is 11.8 Å². The molecule has 0 aliphatic carbocycles. The third-order valence-corrected chi connectivity index (χ3v) is 6.18. The van der Waals surface area contributed by atoms with Crippen LogP contribution in [0, 0.1) is 0 Å². The minimum absolute atomic E-state index is 0.207. The molecule has 1 N–H and O–H groups in total. The number of anilines is 2. The molecule has 8 nitrogen and oxygen atoms in total. The Morgan fingerprint density at radius 3 is 2.18 bits per heavy atom. The molecule has 28 heavy (non-hydrogen) atoms. The molecule has 2 aromatic rings. The molecule has 0 bridgehead atoms. The van der Waals surface area contributed by atoms with E-state index in [-0.39, 0.29) is 12.3 Å². The van der Waals surface area contributed by atoms with Crippen LogP contribution < -0.4 is 9.62 Å². The van der Waals surface area contributed by atoms with E-state index in [0.29, 0.717) is 16.8 Å². The summed E-state index contributed by atoms with van der Waals surface area (Å²) in [6.07, 6.45) is 3.74. The molecule has 1 aromatic carbocycles. The first-order valence-corrected chi connectivity index (χ1v) is 10.8. The van der Waals surface area contributed by atoms with Crippen molar-refractivity contribution >= 4 is 33.3 Å². The van der Waals surface area contributed by atoms with Crippen molar-refractivity contribution in [3.63, 3.8) is 0 Å². The lowest BCUT2D eigenvalue weighted by molar-refractivity contribution is 0.0664. The van der Waals surface area contributed by atoms with Crippen LogP contribution in [-0.4, -0.2) is 55.5 Å². The highest BCUT2D eigenvalue weighted by atomic mass is 32.2. The fourth-order valence-corrected chi connectivity index (χ4v) is 4.47. The lowest BCUT2D eigenvalue weighted by Crippen LogP contribution is -2.35. The van der Waals surface area contributed by atoms with E-state index in [1.165, 1.54) is 6.20 Å².